The average Bonchev–Trinajstić information content (AvgIpc) is 2.38. The Morgan fingerprint density at radius 2 is 1.84 bits per heavy atom. The minimum atomic E-state index is -0.892. The molecular weight excluding hydrogens is 244 g/mol. The van der Waals surface area contributed by atoms with E-state index in [0.29, 0.717) is 24.2 Å². The molecular formula is C15H22O4. The number of aliphatic carboxylic acids is 1. The summed E-state index contributed by atoms with van der Waals surface area (Å²) in [7, 11) is 0. The third-order valence-electron chi connectivity index (χ3n) is 2.48. The lowest BCUT2D eigenvalue weighted by Crippen LogP contribution is -2.06. The molecule has 0 saturated heterocycles. The number of allylic oxidation sites excluding steroid dienone is 4. The fourth-order valence-electron chi connectivity index (χ4n) is 1.24. The standard InChI is InChI=1S/C15H22O4/c1-4-5-9-13(3)15(18)19-11-8-6-7-10-12(2)14(16)17/h4-5,9-10H,6-8,11H2,1-3H3,(H,16,17). The van der Waals surface area contributed by atoms with Crippen LogP contribution in [0.15, 0.2) is 35.5 Å². The van der Waals surface area contributed by atoms with Crippen LogP contribution in [0.2, 0.25) is 0 Å². The van der Waals surface area contributed by atoms with Gasteiger partial charge >= 0.3 is 11.9 Å². The van der Waals surface area contributed by atoms with Crippen molar-refractivity contribution in [3.63, 3.8) is 0 Å². The maximum atomic E-state index is 11.5. The molecule has 4 heteroatoms. The largest absolute Gasteiger partial charge is 0.478 e. The molecule has 0 aromatic carbocycles. The van der Waals surface area contributed by atoms with Crippen LogP contribution >= 0.6 is 0 Å². The van der Waals surface area contributed by atoms with Gasteiger partial charge in [0.2, 0.25) is 0 Å². The van der Waals surface area contributed by atoms with E-state index in [1.165, 1.54) is 0 Å². The molecule has 0 aliphatic rings. The van der Waals surface area contributed by atoms with E-state index in [-0.39, 0.29) is 5.97 Å². The first-order valence-electron chi connectivity index (χ1n) is 6.35. The number of esters is 1. The van der Waals surface area contributed by atoms with Gasteiger partial charge in [-0.05, 0) is 40.0 Å². The molecule has 0 fully saturated rings. The Labute approximate surface area is 114 Å². The van der Waals surface area contributed by atoms with Crippen molar-refractivity contribution in [2.45, 2.75) is 40.0 Å². The molecule has 0 spiro atoms. The number of carbonyl (C=O) groups is 2. The molecule has 0 aromatic rings. The maximum Gasteiger partial charge on any atom is 0.333 e. The second kappa shape index (κ2) is 10.1. The number of rotatable bonds is 8. The van der Waals surface area contributed by atoms with Gasteiger partial charge in [0, 0.05) is 11.1 Å². The first-order chi connectivity index (χ1) is 8.99. The first kappa shape index (κ1) is 17.2. The lowest BCUT2D eigenvalue weighted by atomic mass is 10.2. The van der Waals surface area contributed by atoms with Gasteiger partial charge in [0.1, 0.15) is 0 Å². The van der Waals surface area contributed by atoms with E-state index in [9.17, 15) is 9.59 Å². The van der Waals surface area contributed by atoms with Crippen LogP contribution in [-0.4, -0.2) is 23.7 Å². The molecule has 0 radical (unpaired) electrons. The van der Waals surface area contributed by atoms with E-state index in [1.54, 1.807) is 32.1 Å². The third-order valence-corrected chi connectivity index (χ3v) is 2.48. The highest BCUT2D eigenvalue weighted by Gasteiger charge is 2.04. The minimum absolute atomic E-state index is 0.310. The zero-order valence-electron chi connectivity index (χ0n) is 11.8. The molecule has 0 atom stereocenters. The van der Waals surface area contributed by atoms with E-state index < -0.39 is 5.97 Å². The summed E-state index contributed by atoms with van der Waals surface area (Å²) < 4.78 is 5.08. The second-order valence-corrected chi connectivity index (χ2v) is 4.20. The smallest absolute Gasteiger partial charge is 0.333 e. The third kappa shape index (κ3) is 8.83. The summed E-state index contributed by atoms with van der Waals surface area (Å²) in [4.78, 5) is 22.0. The fourth-order valence-corrected chi connectivity index (χ4v) is 1.24. The number of hydrogen-bond donors (Lipinski definition) is 1. The number of hydrogen-bond acceptors (Lipinski definition) is 3. The highest BCUT2D eigenvalue weighted by Crippen LogP contribution is 2.03. The normalized spacial score (nSPS) is 12.8. The van der Waals surface area contributed by atoms with Crippen molar-refractivity contribution in [3.05, 3.63) is 35.5 Å². The van der Waals surface area contributed by atoms with E-state index in [0.717, 1.165) is 12.8 Å². The molecule has 0 unspecified atom stereocenters. The topological polar surface area (TPSA) is 63.6 Å². The molecule has 4 nitrogen and oxygen atoms in total. The number of carbonyl (C=O) groups excluding carboxylic acids is 1. The van der Waals surface area contributed by atoms with Crippen molar-refractivity contribution in [3.8, 4) is 0 Å². The summed E-state index contributed by atoms with van der Waals surface area (Å²) >= 11 is 0. The summed E-state index contributed by atoms with van der Waals surface area (Å²) in [6, 6.07) is 0. The van der Waals surface area contributed by atoms with E-state index >= 15 is 0 Å². The Bertz CT molecular complexity index is 389. The van der Waals surface area contributed by atoms with Gasteiger partial charge in [-0.1, -0.05) is 24.3 Å². The average molecular weight is 266 g/mol. The minimum Gasteiger partial charge on any atom is -0.478 e. The number of ether oxygens (including phenoxy) is 1. The predicted octanol–water partition coefficient (Wildman–Crippen LogP) is 3.25. The van der Waals surface area contributed by atoms with Gasteiger partial charge in [0.05, 0.1) is 6.61 Å². The summed E-state index contributed by atoms with van der Waals surface area (Å²) in [5.41, 5.74) is 0.918. The van der Waals surface area contributed by atoms with Crippen molar-refractivity contribution in [2.24, 2.45) is 0 Å². The maximum absolute atomic E-state index is 11.5. The Balaban J connectivity index is 3.79. The second-order valence-electron chi connectivity index (χ2n) is 4.20. The molecule has 0 saturated carbocycles. The first-order valence-corrected chi connectivity index (χ1v) is 6.35. The Kier molecular flexibility index (Phi) is 9.14. The van der Waals surface area contributed by atoms with Crippen LogP contribution in [0.1, 0.15) is 40.0 Å². The van der Waals surface area contributed by atoms with Gasteiger partial charge in [-0.15, -0.1) is 0 Å². The van der Waals surface area contributed by atoms with Crippen molar-refractivity contribution in [1.29, 1.82) is 0 Å². The van der Waals surface area contributed by atoms with Crippen molar-refractivity contribution < 1.29 is 19.4 Å². The molecule has 1 N–H and O–H groups in total. The van der Waals surface area contributed by atoms with Gasteiger partial charge < -0.3 is 9.84 Å². The molecule has 19 heavy (non-hydrogen) atoms. The summed E-state index contributed by atoms with van der Waals surface area (Å²) in [6.07, 6.45) is 9.23. The van der Waals surface area contributed by atoms with Crippen LogP contribution in [0.4, 0.5) is 0 Å². The number of carboxylic acid groups (broad SMARTS) is 1. The summed E-state index contributed by atoms with van der Waals surface area (Å²) in [6.45, 7) is 5.51. The van der Waals surface area contributed by atoms with E-state index in [2.05, 4.69) is 0 Å². The van der Waals surface area contributed by atoms with Crippen LogP contribution in [-0.2, 0) is 14.3 Å². The Morgan fingerprint density at radius 3 is 2.42 bits per heavy atom. The van der Waals surface area contributed by atoms with Crippen LogP contribution in [0.5, 0.6) is 0 Å². The van der Waals surface area contributed by atoms with Gasteiger partial charge in [-0.3, -0.25) is 0 Å². The molecule has 0 aliphatic carbocycles. The van der Waals surface area contributed by atoms with Crippen LogP contribution in [0.3, 0.4) is 0 Å². The fraction of sp³-hybridized carbons (Fsp3) is 0.467. The number of carboxylic acids is 1. The van der Waals surface area contributed by atoms with Gasteiger partial charge in [0.25, 0.3) is 0 Å². The zero-order valence-corrected chi connectivity index (χ0v) is 11.8. The molecule has 0 bridgehead atoms. The molecule has 0 rings (SSSR count). The molecule has 0 aromatic heterocycles. The van der Waals surface area contributed by atoms with Crippen molar-refractivity contribution >= 4 is 11.9 Å². The molecule has 106 valence electrons. The quantitative estimate of drug-likeness (QED) is 0.317. The lowest BCUT2D eigenvalue weighted by molar-refractivity contribution is -0.139. The predicted molar refractivity (Wildman–Crippen MR) is 74.8 cm³/mol. The Morgan fingerprint density at radius 1 is 1.16 bits per heavy atom. The van der Waals surface area contributed by atoms with Gasteiger partial charge in [-0.25, -0.2) is 9.59 Å². The highest BCUT2D eigenvalue weighted by molar-refractivity contribution is 5.88. The number of unbranched alkanes of at least 4 members (excludes halogenated alkanes) is 2. The van der Waals surface area contributed by atoms with Gasteiger partial charge in [0.15, 0.2) is 0 Å². The zero-order chi connectivity index (χ0) is 14.7. The van der Waals surface area contributed by atoms with Crippen molar-refractivity contribution in [1.82, 2.24) is 0 Å². The summed E-state index contributed by atoms with van der Waals surface area (Å²) in [5, 5.41) is 8.64. The molecule has 0 amide bonds. The van der Waals surface area contributed by atoms with Crippen LogP contribution < -0.4 is 0 Å². The Hall–Kier alpha value is -1.84. The lowest BCUT2D eigenvalue weighted by Gasteiger charge is -2.03. The van der Waals surface area contributed by atoms with E-state index in [1.807, 2.05) is 13.0 Å². The monoisotopic (exact) mass is 266 g/mol. The SMILES string of the molecule is CC=CC=C(C)C(=O)OCCCCC=C(C)C(=O)O. The van der Waals surface area contributed by atoms with Crippen molar-refractivity contribution in [2.75, 3.05) is 6.61 Å². The molecule has 0 heterocycles. The summed E-state index contributed by atoms with van der Waals surface area (Å²) in [5.74, 6) is -1.20. The molecule has 0 aliphatic heterocycles. The highest BCUT2D eigenvalue weighted by atomic mass is 16.5. The van der Waals surface area contributed by atoms with E-state index in [4.69, 9.17) is 9.84 Å². The van der Waals surface area contributed by atoms with Crippen LogP contribution in [0, 0.1) is 0 Å². The van der Waals surface area contributed by atoms with Gasteiger partial charge in [-0.2, -0.15) is 0 Å². The van der Waals surface area contributed by atoms with Crippen LogP contribution in [0.25, 0.3) is 0 Å².